The largest absolute Gasteiger partial charge is 0.534 e. The summed E-state index contributed by atoms with van der Waals surface area (Å²) in [4.78, 5) is 9.18. The molecule has 0 aliphatic rings. The average Bonchev–Trinajstić information content (AvgIpc) is 2.62. The van der Waals surface area contributed by atoms with E-state index in [0.29, 0.717) is 18.6 Å². The van der Waals surface area contributed by atoms with Gasteiger partial charge in [-0.2, -0.15) is 21.6 Å². The van der Waals surface area contributed by atoms with Crippen LogP contribution in [-0.4, -0.2) is 37.7 Å². The van der Waals surface area contributed by atoms with E-state index in [0.717, 1.165) is 6.07 Å². The van der Waals surface area contributed by atoms with Crippen LogP contribution >= 0.6 is 11.6 Å². The first-order valence-electron chi connectivity index (χ1n) is 9.59. The predicted molar refractivity (Wildman–Crippen MR) is 118 cm³/mol. The third kappa shape index (κ3) is 10.1. The topological polar surface area (TPSA) is 89.9 Å². The first-order valence-corrected chi connectivity index (χ1v) is 11.4. The van der Waals surface area contributed by atoms with Crippen LogP contribution in [0.4, 0.5) is 17.6 Å². The van der Waals surface area contributed by atoms with E-state index in [1.165, 1.54) is 6.07 Å². The lowest BCUT2D eigenvalue weighted by atomic mass is 9.98. The molecule has 33 heavy (non-hydrogen) atoms. The summed E-state index contributed by atoms with van der Waals surface area (Å²) in [5.74, 6) is -1.42. The van der Waals surface area contributed by atoms with E-state index in [2.05, 4.69) is 8.92 Å². The van der Waals surface area contributed by atoms with Crippen LogP contribution in [0.3, 0.4) is 0 Å². The van der Waals surface area contributed by atoms with Gasteiger partial charge in [-0.3, -0.25) is 4.79 Å². The monoisotopic (exact) mass is 518 g/mol. The Morgan fingerprint density at radius 2 is 1.64 bits per heavy atom. The summed E-state index contributed by atoms with van der Waals surface area (Å²) in [5.41, 5.74) is -5.33. The maximum Gasteiger partial charge on any atom is 0.534 e. The lowest BCUT2D eigenvalue weighted by molar-refractivity contribution is -0.128. The van der Waals surface area contributed by atoms with Crippen LogP contribution in [0.15, 0.2) is 18.2 Å². The van der Waals surface area contributed by atoms with E-state index in [1.54, 1.807) is 47.6 Å². The van der Waals surface area contributed by atoms with Gasteiger partial charge in [-0.25, -0.2) is 4.39 Å². The molecule has 0 saturated carbocycles. The fraction of sp³-hybridized carbons (Fsp3) is 0.476. The predicted octanol–water partition coefficient (Wildman–Crippen LogP) is 5.69. The van der Waals surface area contributed by atoms with E-state index in [1.807, 2.05) is 0 Å². The van der Waals surface area contributed by atoms with Crippen LogP contribution in [0, 0.1) is 12.7 Å². The van der Waals surface area contributed by atoms with Crippen molar-refractivity contribution < 1.29 is 44.8 Å². The maximum atomic E-state index is 13.7. The van der Waals surface area contributed by atoms with Crippen molar-refractivity contribution in [3.63, 3.8) is 0 Å². The van der Waals surface area contributed by atoms with Gasteiger partial charge in [0.1, 0.15) is 5.82 Å². The van der Waals surface area contributed by atoms with E-state index in [4.69, 9.17) is 16.7 Å². The second-order valence-corrected chi connectivity index (χ2v) is 9.49. The molecule has 188 valence electrons. The average molecular weight is 519 g/mol. The fourth-order valence-corrected chi connectivity index (χ4v) is 2.98. The van der Waals surface area contributed by atoms with Gasteiger partial charge in [0.05, 0.1) is 17.2 Å². The van der Waals surface area contributed by atoms with Gasteiger partial charge in [0.2, 0.25) is 0 Å². The van der Waals surface area contributed by atoms with E-state index in [9.17, 15) is 30.8 Å². The van der Waals surface area contributed by atoms with Gasteiger partial charge in [0, 0.05) is 5.39 Å². The second-order valence-electron chi connectivity index (χ2n) is 7.55. The molecule has 2 aromatic rings. The van der Waals surface area contributed by atoms with E-state index in [-0.39, 0.29) is 27.8 Å². The molecule has 0 aromatic heterocycles. The SMILES string of the molecule is CC(C)(C)O.CCOC=O.CCc1c(C)cc2cc(Cl)c(F)cc2c1OS(=O)(=O)C(F)(F)F. The Hall–Kier alpha value is -2.11. The Bertz CT molecular complexity index is 1040. The Morgan fingerprint density at radius 1 is 1.12 bits per heavy atom. The molecule has 0 aliphatic heterocycles. The highest BCUT2D eigenvalue weighted by Gasteiger charge is 2.49. The molecular formula is C21H27ClF4O6S. The number of ether oxygens (including phenoxy) is 1. The van der Waals surface area contributed by atoms with Crippen LogP contribution in [0.1, 0.15) is 45.7 Å². The number of hydrogen-bond acceptors (Lipinski definition) is 6. The van der Waals surface area contributed by atoms with Crippen molar-refractivity contribution in [2.75, 3.05) is 6.61 Å². The number of hydrogen-bond donors (Lipinski definition) is 1. The minimum atomic E-state index is -5.87. The summed E-state index contributed by atoms with van der Waals surface area (Å²) in [6.07, 6.45) is 0.203. The first kappa shape index (κ1) is 30.9. The van der Waals surface area contributed by atoms with Gasteiger partial charge in [0.25, 0.3) is 6.47 Å². The summed E-state index contributed by atoms with van der Waals surface area (Å²) >= 11 is 5.66. The Labute approximate surface area is 195 Å². The molecular weight excluding hydrogens is 492 g/mol. The normalized spacial score (nSPS) is 11.6. The number of carbonyl (C=O) groups is 1. The zero-order chi connectivity index (χ0) is 26.2. The third-order valence-electron chi connectivity index (χ3n) is 3.52. The number of fused-ring (bicyclic) bond motifs is 1. The summed E-state index contributed by atoms with van der Waals surface area (Å²) in [7, 11) is -5.87. The lowest BCUT2D eigenvalue weighted by Gasteiger charge is -2.17. The molecule has 0 bridgehead atoms. The zero-order valence-corrected chi connectivity index (χ0v) is 20.6. The first-order chi connectivity index (χ1) is 14.9. The summed E-state index contributed by atoms with van der Waals surface area (Å²) in [6, 6.07) is 3.63. The van der Waals surface area contributed by atoms with Gasteiger partial charge >= 0.3 is 15.6 Å². The van der Waals surface area contributed by atoms with Crippen LogP contribution in [0.2, 0.25) is 5.02 Å². The van der Waals surface area contributed by atoms with E-state index < -0.39 is 32.8 Å². The molecule has 0 fully saturated rings. The van der Waals surface area contributed by atoms with Gasteiger partial charge in [-0.1, -0.05) is 24.6 Å². The molecule has 0 unspecified atom stereocenters. The second kappa shape index (κ2) is 12.4. The van der Waals surface area contributed by atoms with Crippen LogP contribution in [0.5, 0.6) is 5.75 Å². The molecule has 2 aromatic carbocycles. The van der Waals surface area contributed by atoms with Gasteiger partial charge in [0.15, 0.2) is 5.75 Å². The number of benzene rings is 2. The molecule has 0 amide bonds. The number of aliphatic hydroxyl groups is 1. The minimum absolute atomic E-state index is 0.0952. The minimum Gasteiger partial charge on any atom is -0.468 e. The van der Waals surface area contributed by atoms with Crippen LogP contribution in [0.25, 0.3) is 10.8 Å². The number of rotatable bonds is 5. The Balaban J connectivity index is 0.000000859. The fourth-order valence-electron chi connectivity index (χ4n) is 2.30. The van der Waals surface area contributed by atoms with Crippen molar-refractivity contribution in [2.45, 2.75) is 59.1 Å². The third-order valence-corrected chi connectivity index (χ3v) is 4.77. The highest BCUT2D eigenvalue weighted by atomic mass is 35.5. The smallest absolute Gasteiger partial charge is 0.468 e. The van der Waals surface area contributed by atoms with Crippen molar-refractivity contribution in [3.05, 3.63) is 40.2 Å². The zero-order valence-electron chi connectivity index (χ0n) is 19.0. The summed E-state index contributed by atoms with van der Waals surface area (Å²) in [6.45, 7) is 11.1. The van der Waals surface area contributed by atoms with E-state index >= 15 is 0 Å². The molecule has 6 nitrogen and oxygen atoms in total. The molecule has 0 atom stereocenters. The van der Waals surface area contributed by atoms with Crippen molar-refractivity contribution in [1.82, 2.24) is 0 Å². The standard InChI is InChI=1S/C14H11ClF4O3S.C4H10O.C3H6O2/c1-3-9-7(2)4-8-5-11(15)12(16)6-10(8)13(9)22-23(20,21)14(17,18)19;1-4(2,3)5;1-2-5-3-4/h4-6H,3H2,1-2H3;5H,1-3H3;3H,2H2,1H3. The van der Waals surface area contributed by atoms with Crippen LogP contribution < -0.4 is 4.18 Å². The van der Waals surface area contributed by atoms with Gasteiger partial charge < -0.3 is 14.0 Å². The molecule has 0 saturated heterocycles. The molecule has 0 heterocycles. The molecule has 0 aliphatic carbocycles. The van der Waals surface area contributed by atoms with Gasteiger partial charge in [-0.15, -0.1) is 0 Å². The van der Waals surface area contributed by atoms with Crippen molar-refractivity contribution in [3.8, 4) is 5.75 Å². The van der Waals surface area contributed by atoms with Crippen molar-refractivity contribution in [2.24, 2.45) is 0 Å². The molecule has 1 N–H and O–H groups in total. The Kier molecular flexibility index (Phi) is 11.6. The molecule has 0 radical (unpaired) electrons. The molecule has 2 rings (SSSR count). The number of carbonyl (C=O) groups excluding carboxylic acids is 1. The molecule has 0 spiro atoms. The number of alkyl halides is 3. The van der Waals surface area contributed by atoms with Crippen molar-refractivity contribution >= 4 is 39.0 Å². The number of halogens is 5. The van der Waals surface area contributed by atoms with Crippen molar-refractivity contribution in [1.29, 1.82) is 0 Å². The quantitative estimate of drug-likeness (QED) is 0.237. The molecule has 12 heteroatoms. The summed E-state index contributed by atoms with van der Waals surface area (Å²) in [5, 5.41) is 8.47. The van der Waals surface area contributed by atoms with Crippen LogP contribution in [-0.2, 0) is 26.1 Å². The number of aryl methyl sites for hydroxylation is 1. The Morgan fingerprint density at radius 3 is 2.00 bits per heavy atom. The highest BCUT2D eigenvalue weighted by molar-refractivity contribution is 7.88. The maximum absolute atomic E-state index is 13.7. The summed E-state index contributed by atoms with van der Waals surface area (Å²) < 4.78 is 82.6. The van der Waals surface area contributed by atoms with Gasteiger partial charge in [-0.05, 0) is 69.7 Å². The lowest BCUT2D eigenvalue weighted by Crippen LogP contribution is -2.28. The highest BCUT2D eigenvalue weighted by Crippen LogP contribution is 2.38.